The molecule has 9 aromatic rings. The summed E-state index contributed by atoms with van der Waals surface area (Å²) in [7, 11) is 14.2. The van der Waals surface area contributed by atoms with Crippen LogP contribution < -0.4 is 63.3 Å². The van der Waals surface area contributed by atoms with Gasteiger partial charge in [0.05, 0.1) is 82.1 Å². The van der Waals surface area contributed by atoms with Crippen LogP contribution in [0.25, 0.3) is 51.7 Å². The second kappa shape index (κ2) is 38.4. The number of nitrogens with zero attached hydrogens (tertiary/aromatic N) is 3. The molecule has 598 valence electrons. The van der Waals surface area contributed by atoms with E-state index >= 15 is 0 Å². The zero-order chi connectivity index (χ0) is 82.7. The molecule has 3 aliphatic carbocycles. The standard InChI is InChI=1S/C30H32N2O7.C29H29FN2O6.C29H27FN2O6/c1-18-23(11-19-12-26(37-4)30(27(13-19)38-5)39-17-29(34)35)22-9-8-21(36-3)14-25(22)24(18)15-28(33)31-16-20-7-6-10-32(20)2;1-17-22(10-18-11-25(36-3)29(26(12-18)37-4)38-16-28(34)35)21-8-7-19(30)13-24(21)23(17)14-27(33)31-15-20-6-5-9-32(20)2;1-17-22(9-19-10-25(36-2)29(26(11-19)37-3)38-16-28(34)35)21-7-6-20(30)12-24(21)23(17)13-27(33)32-15-18-5-4-8-31-14-18/h6-14H,15-17H2,1-5H3,(H,31,33)(H,34,35);5-13H,14-16H2,1-4H3,(H,31,33)(H,34,35);4-12,14H,13,15-16H2,1-3H3,(H,32,33)(H,34,35)/b23-11-;22-10-;22-9-. The van der Waals surface area contributed by atoms with Gasteiger partial charge in [0.1, 0.15) is 17.4 Å². The molecule has 0 aliphatic heterocycles. The Kier molecular flexibility index (Phi) is 27.9. The van der Waals surface area contributed by atoms with E-state index in [1.54, 1.807) is 74.1 Å². The zero-order valence-corrected chi connectivity index (χ0v) is 65.5. The molecule has 0 atom stereocenters. The van der Waals surface area contributed by atoms with Gasteiger partial charge in [-0.1, -0.05) is 24.3 Å². The Morgan fingerprint density at radius 1 is 0.409 bits per heavy atom. The minimum atomic E-state index is -1.13. The maximum absolute atomic E-state index is 14.3. The molecule has 12 rings (SSSR count). The molecule has 3 aromatic heterocycles. The summed E-state index contributed by atoms with van der Waals surface area (Å²) in [6, 6.07) is 36.6. The summed E-state index contributed by atoms with van der Waals surface area (Å²) in [6.07, 6.45) is 13.4. The Balaban J connectivity index is 0.000000182. The van der Waals surface area contributed by atoms with Gasteiger partial charge in [0.2, 0.25) is 35.0 Å². The molecule has 0 saturated heterocycles. The van der Waals surface area contributed by atoms with Gasteiger partial charge < -0.3 is 87.8 Å². The van der Waals surface area contributed by atoms with Crippen molar-refractivity contribution in [2.75, 3.05) is 69.6 Å². The van der Waals surface area contributed by atoms with Gasteiger partial charge >= 0.3 is 17.9 Å². The number of hydrogen-bond acceptors (Lipinski definition) is 17. The highest BCUT2D eigenvalue weighted by Crippen LogP contribution is 2.50. The number of rotatable bonds is 31. The first-order valence-corrected chi connectivity index (χ1v) is 36.0. The van der Waals surface area contributed by atoms with Crippen LogP contribution in [-0.2, 0) is 62.5 Å². The van der Waals surface area contributed by atoms with Crippen LogP contribution in [-0.4, -0.2) is 135 Å². The van der Waals surface area contributed by atoms with Crippen molar-refractivity contribution in [2.45, 2.75) is 59.7 Å². The number of fused-ring (bicyclic) bond motifs is 3. The molecule has 0 saturated carbocycles. The number of allylic oxidation sites excluding steroid dienone is 6. The summed E-state index contributed by atoms with van der Waals surface area (Å²) < 4.78 is 86.8. The van der Waals surface area contributed by atoms with Crippen LogP contribution in [0.2, 0.25) is 0 Å². The number of carboxylic acids is 3. The number of pyridine rings is 1. The van der Waals surface area contributed by atoms with Crippen molar-refractivity contribution in [1.29, 1.82) is 0 Å². The Morgan fingerprint density at radius 2 is 0.739 bits per heavy atom. The van der Waals surface area contributed by atoms with Gasteiger partial charge in [-0.05, 0) is 248 Å². The molecular formula is C88H88F2N6O19. The molecule has 3 amide bonds. The van der Waals surface area contributed by atoms with Crippen molar-refractivity contribution >= 4 is 87.3 Å². The van der Waals surface area contributed by atoms with Gasteiger partial charge in [-0.2, -0.15) is 0 Å². The van der Waals surface area contributed by atoms with E-state index in [0.29, 0.717) is 82.1 Å². The van der Waals surface area contributed by atoms with E-state index in [0.717, 1.165) is 94.9 Å². The quantitative estimate of drug-likeness (QED) is 0.0235. The lowest BCUT2D eigenvalue weighted by Gasteiger charge is -2.15. The van der Waals surface area contributed by atoms with Gasteiger partial charge in [0.25, 0.3) is 0 Å². The number of halogens is 2. The van der Waals surface area contributed by atoms with Crippen LogP contribution in [0.15, 0.2) is 169 Å². The number of ether oxygens (including phenoxy) is 10. The van der Waals surface area contributed by atoms with Gasteiger partial charge in [-0.15, -0.1) is 0 Å². The van der Waals surface area contributed by atoms with E-state index in [1.807, 2.05) is 123 Å². The maximum Gasteiger partial charge on any atom is 0.341 e. The first kappa shape index (κ1) is 83.6. The lowest BCUT2D eigenvalue weighted by atomic mass is 10.00. The summed E-state index contributed by atoms with van der Waals surface area (Å²) >= 11 is 0. The fourth-order valence-electron chi connectivity index (χ4n) is 13.5. The van der Waals surface area contributed by atoms with Crippen LogP contribution >= 0.6 is 0 Å². The number of benzene rings is 6. The van der Waals surface area contributed by atoms with E-state index < -0.39 is 43.5 Å². The maximum atomic E-state index is 14.3. The Labute approximate surface area is 663 Å². The SMILES string of the molecule is COc1cc(/C=C2/C(C)=C(CC(=O)NCc3cccn3C)c3cc(F)ccc32)cc(OC)c1OCC(=O)O.COc1cc(/C=C2/C(C)=C(CC(=O)NCc3cccnc3)c3cc(F)ccc32)cc(OC)c1OCC(=O)O.COc1ccc2c(c1)C(CC(=O)NCc1cccn1C)=C(C)/C2=C/c1cc(OC)c(OCC(=O)O)c(OC)c1. The van der Waals surface area contributed by atoms with E-state index in [2.05, 4.69) is 20.9 Å². The second-order valence-electron chi connectivity index (χ2n) is 26.5. The number of aromatic nitrogens is 3. The Morgan fingerprint density at radius 3 is 1.03 bits per heavy atom. The zero-order valence-electron chi connectivity index (χ0n) is 65.5. The van der Waals surface area contributed by atoms with E-state index in [9.17, 15) is 37.5 Å². The smallest absolute Gasteiger partial charge is 0.341 e. The minimum absolute atomic E-state index is 0.0779. The predicted octanol–water partition coefficient (Wildman–Crippen LogP) is 14.0. The highest BCUT2D eigenvalue weighted by atomic mass is 19.1. The number of hydrogen-bond donors (Lipinski definition) is 6. The molecule has 0 fully saturated rings. The molecule has 0 unspecified atom stereocenters. The van der Waals surface area contributed by atoms with Crippen LogP contribution in [0.5, 0.6) is 57.5 Å². The number of nitrogens with one attached hydrogen (secondary N) is 3. The molecule has 0 spiro atoms. The van der Waals surface area contributed by atoms with Crippen LogP contribution in [0.3, 0.4) is 0 Å². The number of carboxylic acid groups (broad SMARTS) is 3. The van der Waals surface area contributed by atoms with Crippen molar-refractivity contribution in [3.8, 4) is 57.5 Å². The number of amides is 3. The molecule has 27 heteroatoms. The largest absolute Gasteiger partial charge is 0.497 e. The number of methoxy groups -OCH3 is 7. The lowest BCUT2D eigenvalue weighted by molar-refractivity contribution is -0.140. The molecule has 3 heterocycles. The van der Waals surface area contributed by atoms with Crippen molar-refractivity contribution in [3.05, 3.63) is 248 Å². The third-order valence-electron chi connectivity index (χ3n) is 19.3. The fraction of sp³-hybridized carbons (Fsp3) is 0.239. The summed E-state index contributed by atoms with van der Waals surface area (Å²) in [5, 5.41) is 35.9. The van der Waals surface area contributed by atoms with Crippen molar-refractivity contribution < 1.29 is 100 Å². The predicted molar refractivity (Wildman–Crippen MR) is 430 cm³/mol. The molecule has 0 bridgehead atoms. The lowest BCUT2D eigenvalue weighted by Crippen LogP contribution is -2.23. The van der Waals surface area contributed by atoms with E-state index in [4.69, 9.17) is 62.7 Å². The number of aryl methyl sites for hydroxylation is 2. The second-order valence-corrected chi connectivity index (χ2v) is 26.5. The van der Waals surface area contributed by atoms with E-state index in [-0.39, 0.29) is 60.0 Å². The van der Waals surface area contributed by atoms with Gasteiger partial charge in [-0.25, -0.2) is 23.2 Å². The molecule has 6 N–H and O–H groups in total. The molecule has 3 aliphatic rings. The normalized spacial score (nSPS) is 13.4. The molecular weight excluding hydrogens is 1480 g/mol. The summed E-state index contributed by atoms with van der Waals surface area (Å²) in [5.41, 5.74) is 17.5. The Hall–Kier alpha value is -13.9. The van der Waals surface area contributed by atoms with Gasteiger partial charge in [0.15, 0.2) is 54.3 Å². The van der Waals surface area contributed by atoms with Crippen LogP contribution in [0.4, 0.5) is 8.78 Å². The minimum Gasteiger partial charge on any atom is -0.497 e. The average molecular weight is 1570 g/mol. The molecule has 0 radical (unpaired) electrons. The number of carbonyl (C=O) groups excluding carboxylic acids is 3. The van der Waals surface area contributed by atoms with E-state index in [1.165, 1.54) is 66.9 Å². The molecule has 6 aromatic carbocycles. The number of aliphatic carboxylic acids is 3. The highest BCUT2D eigenvalue weighted by Gasteiger charge is 2.31. The monoisotopic (exact) mass is 1570 g/mol. The topological polar surface area (TPSA) is 314 Å². The fourth-order valence-corrected chi connectivity index (χ4v) is 13.5. The Bertz CT molecular complexity index is 5320. The van der Waals surface area contributed by atoms with Gasteiger partial charge in [-0.3, -0.25) is 19.4 Å². The summed E-state index contributed by atoms with van der Waals surface area (Å²) in [6.45, 7) is 5.34. The van der Waals surface area contributed by atoms with Crippen molar-refractivity contribution in [1.82, 2.24) is 30.1 Å². The number of carbonyl (C=O) groups is 6. The highest BCUT2D eigenvalue weighted by molar-refractivity contribution is 6.11. The van der Waals surface area contributed by atoms with Gasteiger partial charge in [0, 0.05) is 56.8 Å². The first-order valence-electron chi connectivity index (χ1n) is 36.0. The third-order valence-corrected chi connectivity index (χ3v) is 19.3. The van der Waals surface area contributed by atoms with Crippen molar-refractivity contribution in [3.63, 3.8) is 0 Å². The third kappa shape index (κ3) is 20.5. The molecule has 25 nitrogen and oxygen atoms in total. The van der Waals surface area contributed by atoms with Crippen molar-refractivity contribution in [2.24, 2.45) is 14.1 Å². The molecule has 115 heavy (non-hydrogen) atoms. The summed E-state index contributed by atoms with van der Waals surface area (Å²) in [5.74, 6) is -1.43. The van der Waals surface area contributed by atoms with Crippen LogP contribution in [0.1, 0.15) is 107 Å². The summed E-state index contributed by atoms with van der Waals surface area (Å²) in [4.78, 5) is 75.8. The average Bonchev–Trinajstić information content (AvgIpc) is 1.63. The van der Waals surface area contributed by atoms with Crippen LogP contribution in [0, 0.1) is 11.6 Å². The first-order chi connectivity index (χ1) is 55.3.